The summed E-state index contributed by atoms with van der Waals surface area (Å²) in [6.45, 7) is 1.11. The minimum absolute atomic E-state index is 0.204. The predicted molar refractivity (Wildman–Crippen MR) is 124 cm³/mol. The fourth-order valence-corrected chi connectivity index (χ4v) is 5.24. The number of H-pyrrole nitrogens is 1. The molecule has 0 atom stereocenters. The Morgan fingerprint density at radius 3 is 2.74 bits per heavy atom. The lowest BCUT2D eigenvalue weighted by Crippen LogP contribution is -2.35. The Bertz CT molecular complexity index is 1230. The first-order valence-corrected chi connectivity index (χ1v) is 11.8. The number of hydrogen-bond donors (Lipinski definition) is 3. The Hall–Kier alpha value is -2.82. The van der Waals surface area contributed by atoms with Crippen LogP contribution in [0.5, 0.6) is 0 Å². The average Bonchev–Trinajstić information content (AvgIpc) is 3.17. The van der Waals surface area contributed by atoms with Crippen LogP contribution < -0.4 is 10.7 Å². The first-order valence-electron chi connectivity index (χ1n) is 9.90. The molecule has 1 fully saturated rings. The molecule has 7 nitrogen and oxygen atoms in total. The van der Waals surface area contributed by atoms with E-state index in [9.17, 15) is 12.8 Å². The number of aromatic nitrogens is 1. The van der Waals surface area contributed by atoms with E-state index in [0.717, 1.165) is 30.2 Å². The number of anilines is 1. The Morgan fingerprint density at radius 1 is 1.16 bits per heavy atom. The molecular weight excluding hydrogens is 437 g/mol. The monoisotopic (exact) mass is 459 g/mol. The number of sulfonamides is 1. The standard InChI is InChI=1S/C21H22FN5O2S2/c22-16-5-4-6-17(11-16)25-21(30)26-24-14-15-13-23-20-8-7-18(12-19(15)20)31(28,29)27-9-2-1-3-10-27/h4-8,11-14,23H,1-3,9-10H2,(H2,25,26,30)/b24-14-. The molecule has 4 rings (SSSR count). The van der Waals surface area contributed by atoms with Gasteiger partial charge in [0.2, 0.25) is 10.0 Å². The van der Waals surface area contributed by atoms with E-state index < -0.39 is 10.0 Å². The third-order valence-corrected chi connectivity index (χ3v) is 7.18. The number of nitrogens with zero attached hydrogens (tertiary/aromatic N) is 2. The van der Waals surface area contributed by atoms with Gasteiger partial charge in [-0.3, -0.25) is 5.43 Å². The fraction of sp³-hybridized carbons (Fsp3) is 0.238. The summed E-state index contributed by atoms with van der Waals surface area (Å²) < 4.78 is 40.8. The van der Waals surface area contributed by atoms with Gasteiger partial charge >= 0.3 is 0 Å². The zero-order valence-corrected chi connectivity index (χ0v) is 18.3. The summed E-state index contributed by atoms with van der Waals surface area (Å²) >= 11 is 5.16. The number of rotatable bonds is 5. The van der Waals surface area contributed by atoms with Crippen LogP contribution in [0.25, 0.3) is 10.9 Å². The van der Waals surface area contributed by atoms with Gasteiger partial charge in [-0.2, -0.15) is 9.41 Å². The van der Waals surface area contributed by atoms with E-state index in [4.69, 9.17) is 12.2 Å². The van der Waals surface area contributed by atoms with E-state index in [0.29, 0.717) is 24.3 Å². The Labute approximate surface area is 185 Å². The molecule has 1 aromatic heterocycles. The van der Waals surface area contributed by atoms with Crippen molar-refractivity contribution < 1.29 is 12.8 Å². The highest BCUT2D eigenvalue weighted by atomic mass is 32.2. The number of hydrazone groups is 1. The molecule has 10 heteroatoms. The molecule has 0 saturated carbocycles. The van der Waals surface area contributed by atoms with Crippen molar-refractivity contribution in [2.45, 2.75) is 24.2 Å². The van der Waals surface area contributed by atoms with E-state index in [2.05, 4.69) is 20.8 Å². The van der Waals surface area contributed by atoms with Crippen molar-refractivity contribution in [1.82, 2.24) is 14.7 Å². The van der Waals surface area contributed by atoms with Gasteiger partial charge < -0.3 is 10.3 Å². The number of aromatic amines is 1. The lowest BCUT2D eigenvalue weighted by atomic mass is 10.2. The highest BCUT2D eigenvalue weighted by Crippen LogP contribution is 2.25. The summed E-state index contributed by atoms with van der Waals surface area (Å²) in [4.78, 5) is 3.38. The number of fused-ring (bicyclic) bond motifs is 1. The van der Waals surface area contributed by atoms with Gasteiger partial charge in [0.25, 0.3) is 0 Å². The second kappa shape index (κ2) is 9.13. The second-order valence-electron chi connectivity index (χ2n) is 7.25. The largest absolute Gasteiger partial charge is 0.361 e. The van der Waals surface area contributed by atoms with Gasteiger partial charge in [-0.1, -0.05) is 12.5 Å². The summed E-state index contributed by atoms with van der Waals surface area (Å²) in [6, 6.07) is 11.0. The maximum Gasteiger partial charge on any atom is 0.243 e. The molecule has 0 unspecified atom stereocenters. The number of halogens is 1. The lowest BCUT2D eigenvalue weighted by Gasteiger charge is -2.25. The van der Waals surface area contributed by atoms with Crippen molar-refractivity contribution in [3.63, 3.8) is 0 Å². The molecule has 2 aromatic carbocycles. The molecule has 0 radical (unpaired) electrons. The number of piperidine rings is 1. The van der Waals surface area contributed by atoms with Crippen molar-refractivity contribution in [1.29, 1.82) is 0 Å². The molecule has 0 spiro atoms. The third-order valence-electron chi connectivity index (χ3n) is 5.09. The Balaban J connectivity index is 1.49. The smallest absolute Gasteiger partial charge is 0.243 e. The van der Waals surface area contributed by atoms with Crippen LogP contribution in [-0.4, -0.2) is 42.1 Å². The Morgan fingerprint density at radius 2 is 1.97 bits per heavy atom. The summed E-state index contributed by atoms with van der Waals surface area (Å²) in [5, 5.41) is 7.90. The molecule has 0 amide bonds. The number of thiocarbonyl (C=S) groups is 1. The number of benzene rings is 2. The van der Waals surface area contributed by atoms with E-state index in [1.54, 1.807) is 47.0 Å². The van der Waals surface area contributed by atoms with Gasteiger partial charge in [0.1, 0.15) is 5.82 Å². The highest BCUT2D eigenvalue weighted by Gasteiger charge is 2.26. The van der Waals surface area contributed by atoms with Crippen LogP contribution in [0, 0.1) is 5.82 Å². The quantitative estimate of drug-likeness (QED) is 0.307. The minimum atomic E-state index is -3.52. The average molecular weight is 460 g/mol. The van der Waals surface area contributed by atoms with Crippen molar-refractivity contribution in [2.24, 2.45) is 5.10 Å². The van der Waals surface area contributed by atoms with Crippen molar-refractivity contribution in [3.8, 4) is 0 Å². The summed E-state index contributed by atoms with van der Waals surface area (Å²) in [5.74, 6) is -0.370. The van der Waals surface area contributed by atoms with Crippen LogP contribution in [0.2, 0.25) is 0 Å². The first kappa shape index (κ1) is 21.4. The SMILES string of the molecule is O=S(=O)(c1ccc2[nH]cc(/C=N\NC(=S)Nc3cccc(F)c3)c2c1)N1CCCCC1. The Kier molecular flexibility index (Phi) is 6.30. The van der Waals surface area contributed by atoms with E-state index in [1.165, 1.54) is 12.1 Å². The molecule has 3 N–H and O–H groups in total. The van der Waals surface area contributed by atoms with Crippen LogP contribution in [0.15, 0.2) is 58.7 Å². The topological polar surface area (TPSA) is 89.6 Å². The van der Waals surface area contributed by atoms with Gasteiger partial charge in [-0.05, 0) is 61.5 Å². The molecule has 0 bridgehead atoms. The summed E-state index contributed by atoms with van der Waals surface area (Å²) in [6.07, 6.45) is 6.13. The summed E-state index contributed by atoms with van der Waals surface area (Å²) in [7, 11) is -3.52. The van der Waals surface area contributed by atoms with Crippen LogP contribution in [0.4, 0.5) is 10.1 Å². The predicted octanol–water partition coefficient (Wildman–Crippen LogP) is 3.80. The van der Waals surface area contributed by atoms with Crippen LogP contribution in [-0.2, 0) is 10.0 Å². The fourth-order valence-electron chi connectivity index (χ4n) is 3.53. The normalized spacial score (nSPS) is 15.4. The zero-order valence-electron chi connectivity index (χ0n) is 16.6. The molecule has 31 heavy (non-hydrogen) atoms. The minimum Gasteiger partial charge on any atom is -0.361 e. The van der Waals surface area contributed by atoms with Gasteiger partial charge in [-0.25, -0.2) is 12.8 Å². The third kappa shape index (κ3) is 4.92. The maximum atomic E-state index is 13.3. The van der Waals surface area contributed by atoms with Crippen LogP contribution in [0.1, 0.15) is 24.8 Å². The van der Waals surface area contributed by atoms with Crippen molar-refractivity contribution in [2.75, 3.05) is 18.4 Å². The van der Waals surface area contributed by atoms with Crippen molar-refractivity contribution in [3.05, 3.63) is 60.0 Å². The van der Waals surface area contributed by atoms with Gasteiger partial charge in [0.15, 0.2) is 5.11 Å². The molecule has 162 valence electrons. The van der Waals surface area contributed by atoms with Crippen LogP contribution in [0.3, 0.4) is 0 Å². The van der Waals surface area contributed by atoms with E-state index >= 15 is 0 Å². The number of hydrogen-bond acceptors (Lipinski definition) is 4. The molecule has 1 saturated heterocycles. The van der Waals surface area contributed by atoms with Crippen LogP contribution >= 0.6 is 12.2 Å². The van der Waals surface area contributed by atoms with Gasteiger partial charge in [0.05, 0.1) is 11.1 Å². The molecule has 3 aromatic rings. The van der Waals surface area contributed by atoms with Gasteiger partial charge in [0, 0.05) is 41.4 Å². The number of nitrogens with one attached hydrogen (secondary N) is 3. The maximum absolute atomic E-state index is 13.3. The zero-order chi connectivity index (χ0) is 21.8. The van der Waals surface area contributed by atoms with E-state index in [1.807, 2.05) is 0 Å². The molecule has 0 aliphatic carbocycles. The lowest BCUT2D eigenvalue weighted by molar-refractivity contribution is 0.346. The second-order valence-corrected chi connectivity index (χ2v) is 9.60. The molecule has 1 aliphatic heterocycles. The van der Waals surface area contributed by atoms with E-state index in [-0.39, 0.29) is 15.8 Å². The molecule has 2 heterocycles. The first-order chi connectivity index (χ1) is 14.9. The van der Waals surface area contributed by atoms with Crippen molar-refractivity contribution >= 4 is 50.2 Å². The van der Waals surface area contributed by atoms with Gasteiger partial charge in [-0.15, -0.1) is 0 Å². The molecule has 1 aliphatic rings. The molecular formula is C21H22FN5O2S2. The summed E-state index contributed by atoms with van der Waals surface area (Å²) in [5.41, 5.74) is 4.70. The highest BCUT2D eigenvalue weighted by molar-refractivity contribution is 7.89.